The smallest absolute Gasteiger partial charge is 0.270 e. The van der Waals surface area contributed by atoms with Crippen molar-refractivity contribution in [2.75, 3.05) is 9.80 Å². The molecule has 8 heteroatoms. The van der Waals surface area contributed by atoms with Crippen molar-refractivity contribution in [2.45, 2.75) is 6.61 Å². The van der Waals surface area contributed by atoms with E-state index in [4.69, 9.17) is 17.0 Å². The standard InChI is InChI=1S/C30H20BrFN2O3S/c31-26-18-20(14-15-27(26)37-19-21-8-7-9-22(32)16-21)17-25-28(35)33(23-10-3-1-4-11-23)30(38)34(29(25)36)24-12-5-2-6-13-24/h1-18H,19H2. The summed E-state index contributed by atoms with van der Waals surface area (Å²) in [5.41, 5.74) is 2.39. The average Bonchev–Trinajstić information content (AvgIpc) is 2.92. The van der Waals surface area contributed by atoms with E-state index in [-0.39, 0.29) is 23.1 Å². The number of carbonyl (C=O) groups is 2. The number of benzene rings is 4. The molecular formula is C30H20BrFN2O3S. The van der Waals surface area contributed by atoms with Crippen LogP contribution < -0.4 is 14.5 Å². The predicted octanol–water partition coefficient (Wildman–Crippen LogP) is 6.92. The van der Waals surface area contributed by atoms with Gasteiger partial charge in [-0.3, -0.25) is 19.4 Å². The van der Waals surface area contributed by atoms with Gasteiger partial charge in [-0.1, -0.05) is 54.6 Å². The SMILES string of the molecule is O=C1C(=Cc2ccc(OCc3cccc(F)c3)c(Br)c2)C(=O)N(c2ccccc2)C(=S)N1c1ccccc1. The van der Waals surface area contributed by atoms with Gasteiger partial charge in [0, 0.05) is 0 Å². The first-order chi connectivity index (χ1) is 18.4. The summed E-state index contributed by atoms with van der Waals surface area (Å²) in [5, 5.41) is 0.0804. The summed E-state index contributed by atoms with van der Waals surface area (Å²) in [4.78, 5) is 30.0. The first-order valence-corrected chi connectivity index (χ1v) is 12.8. The molecule has 5 rings (SSSR count). The fourth-order valence-electron chi connectivity index (χ4n) is 4.02. The molecule has 1 aliphatic rings. The monoisotopic (exact) mass is 586 g/mol. The van der Waals surface area contributed by atoms with Gasteiger partial charge in [0.1, 0.15) is 23.7 Å². The molecule has 1 saturated heterocycles. The maximum absolute atomic E-state index is 13.6. The second-order valence-electron chi connectivity index (χ2n) is 8.40. The molecule has 4 aromatic carbocycles. The Morgan fingerprint density at radius 3 is 1.95 bits per heavy atom. The molecule has 0 unspecified atom stereocenters. The van der Waals surface area contributed by atoms with E-state index in [9.17, 15) is 14.0 Å². The van der Waals surface area contributed by atoms with Crippen LogP contribution in [0.15, 0.2) is 113 Å². The average molecular weight is 587 g/mol. The van der Waals surface area contributed by atoms with E-state index < -0.39 is 11.8 Å². The van der Waals surface area contributed by atoms with Gasteiger partial charge in [-0.25, -0.2) is 4.39 Å². The van der Waals surface area contributed by atoms with Crippen LogP contribution >= 0.6 is 28.1 Å². The molecule has 0 saturated carbocycles. The van der Waals surface area contributed by atoms with E-state index in [2.05, 4.69) is 15.9 Å². The van der Waals surface area contributed by atoms with Crippen LogP contribution in [0, 0.1) is 5.82 Å². The molecule has 188 valence electrons. The third-order valence-corrected chi connectivity index (χ3v) is 6.81. The molecule has 1 heterocycles. The van der Waals surface area contributed by atoms with E-state index in [1.54, 1.807) is 84.9 Å². The minimum atomic E-state index is -0.513. The summed E-state index contributed by atoms with van der Waals surface area (Å²) in [6.07, 6.45) is 1.54. The third-order valence-electron chi connectivity index (χ3n) is 5.83. The quantitative estimate of drug-likeness (QED) is 0.140. The largest absolute Gasteiger partial charge is 0.488 e. The summed E-state index contributed by atoms with van der Waals surface area (Å²) < 4.78 is 19.9. The second-order valence-corrected chi connectivity index (χ2v) is 9.62. The molecule has 0 radical (unpaired) electrons. The number of hydrogen-bond acceptors (Lipinski definition) is 4. The Morgan fingerprint density at radius 2 is 1.39 bits per heavy atom. The molecule has 1 fully saturated rings. The zero-order valence-corrected chi connectivity index (χ0v) is 22.3. The highest BCUT2D eigenvalue weighted by atomic mass is 79.9. The summed E-state index contributed by atoms with van der Waals surface area (Å²) in [6, 6.07) is 29.4. The Morgan fingerprint density at radius 1 is 0.789 bits per heavy atom. The van der Waals surface area contributed by atoms with Gasteiger partial charge < -0.3 is 4.74 Å². The zero-order valence-electron chi connectivity index (χ0n) is 19.9. The number of halogens is 2. The molecular weight excluding hydrogens is 567 g/mol. The van der Waals surface area contributed by atoms with Crippen LogP contribution in [-0.2, 0) is 16.2 Å². The molecule has 2 amide bonds. The topological polar surface area (TPSA) is 49.9 Å². The van der Waals surface area contributed by atoms with Gasteiger partial charge in [-0.05, 0) is 93.9 Å². The van der Waals surface area contributed by atoms with Crippen molar-refractivity contribution in [1.82, 2.24) is 0 Å². The Hall–Kier alpha value is -4.14. The van der Waals surface area contributed by atoms with Crippen molar-refractivity contribution in [2.24, 2.45) is 0 Å². The molecule has 0 spiro atoms. The Bertz CT molecular complexity index is 1500. The number of carbonyl (C=O) groups excluding carboxylic acids is 2. The Labute approximate surface area is 232 Å². The van der Waals surface area contributed by atoms with Crippen LogP contribution in [0.1, 0.15) is 11.1 Å². The maximum atomic E-state index is 13.6. The van der Waals surface area contributed by atoms with Crippen molar-refractivity contribution >= 4 is 62.5 Å². The zero-order chi connectivity index (χ0) is 26.6. The molecule has 0 atom stereocenters. The molecule has 1 aliphatic heterocycles. The van der Waals surface area contributed by atoms with Gasteiger partial charge >= 0.3 is 0 Å². The fourth-order valence-corrected chi connectivity index (χ4v) is 4.91. The highest BCUT2D eigenvalue weighted by molar-refractivity contribution is 9.10. The number of nitrogens with zero attached hydrogens (tertiary/aromatic N) is 2. The number of para-hydroxylation sites is 2. The van der Waals surface area contributed by atoms with Gasteiger partial charge in [-0.15, -0.1) is 0 Å². The lowest BCUT2D eigenvalue weighted by molar-refractivity contribution is -0.120. The lowest BCUT2D eigenvalue weighted by Crippen LogP contribution is -2.56. The first-order valence-electron chi connectivity index (χ1n) is 11.6. The van der Waals surface area contributed by atoms with Gasteiger partial charge in [-0.2, -0.15) is 0 Å². The van der Waals surface area contributed by atoms with Gasteiger partial charge in [0.15, 0.2) is 5.11 Å². The highest BCUT2D eigenvalue weighted by Gasteiger charge is 2.41. The maximum Gasteiger partial charge on any atom is 0.270 e. The molecule has 0 aliphatic carbocycles. The summed E-state index contributed by atoms with van der Waals surface area (Å²) in [7, 11) is 0. The van der Waals surface area contributed by atoms with Gasteiger partial charge in [0.25, 0.3) is 11.8 Å². The summed E-state index contributed by atoms with van der Waals surface area (Å²) in [5.74, 6) is -0.819. The molecule has 38 heavy (non-hydrogen) atoms. The minimum Gasteiger partial charge on any atom is -0.488 e. The van der Waals surface area contributed by atoms with Crippen LogP contribution in [0.3, 0.4) is 0 Å². The molecule has 0 N–H and O–H groups in total. The Kier molecular flexibility index (Phi) is 7.44. The van der Waals surface area contributed by atoms with Crippen molar-refractivity contribution in [3.05, 3.63) is 130 Å². The van der Waals surface area contributed by atoms with E-state index in [1.807, 2.05) is 12.1 Å². The van der Waals surface area contributed by atoms with Gasteiger partial charge in [0.05, 0.1) is 15.8 Å². The highest BCUT2D eigenvalue weighted by Crippen LogP contribution is 2.32. The molecule has 4 aromatic rings. The number of thiocarbonyl (C=S) groups is 1. The molecule has 0 aromatic heterocycles. The normalized spacial score (nSPS) is 13.6. The van der Waals surface area contributed by atoms with E-state index in [0.29, 0.717) is 32.7 Å². The van der Waals surface area contributed by atoms with E-state index in [1.165, 1.54) is 21.9 Å². The lowest BCUT2D eigenvalue weighted by atomic mass is 10.0. The van der Waals surface area contributed by atoms with Crippen molar-refractivity contribution < 1.29 is 18.7 Å². The number of ether oxygens (including phenoxy) is 1. The number of rotatable bonds is 6. The molecule has 5 nitrogen and oxygen atoms in total. The number of hydrogen-bond donors (Lipinski definition) is 0. The minimum absolute atomic E-state index is 0.0355. The fraction of sp³-hybridized carbons (Fsp3) is 0.0333. The van der Waals surface area contributed by atoms with Crippen molar-refractivity contribution in [1.29, 1.82) is 0 Å². The predicted molar refractivity (Wildman–Crippen MR) is 153 cm³/mol. The third kappa shape index (κ3) is 5.27. The lowest BCUT2D eigenvalue weighted by Gasteiger charge is -2.36. The Balaban J connectivity index is 1.48. The first kappa shape index (κ1) is 25.5. The van der Waals surface area contributed by atoms with Crippen LogP contribution in [0.2, 0.25) is 0 Å². The second kappa shape index (κ2) is 11.1. The van der Waals surface area contributed by atoms with Gasteiger partial charge in [0.2, 0.25) is 0 Å². The van der Waals surface area contributed by atoms with E-state index in [0.717, 1.165) is 0 Å². The van der Waals surface area contributed by atoms with Crippen LogP contribution in [0.5, 0.6) is 5.75 Å². The number of anilines is 2. The summed E-state index contributed by atoms with van der Waals surface area (Å²) in [6.45, 7) is 0.184. The van der Waals surface area contributed by atoms with Crippen LogP contribution in [-0.4, -0.2) is 16.9 Å². The molecule has 0 bridgehead atoms. The van der Waals surface area contributed by atoms with Crippen molar-refractivity contribution in [3.63, 3.8) is 0 Å². The van der Waals surface area contributed by atoms with Crippen LogP contribution in [0.25, 0.3) is 6.08 Å². The summed E-state index contributed by atoms with van der Waals surface area (Å²) >= 11 is 9.13. The van der Waals surface area contributed by atoms with Crippen molar-refractivity contribution in [3.8, 4) is 5.75 Å². The van der Waals surface area contributed by atoms with Crippen LogP contribution in [0.4, 0.5) is 15.8 Å². The van der Waals surface area contributed by atoms with E-state index >= 15 is 0 Å². The number of amides is 2.